The average molecular weight is 443 g/mol. The van der Waals surface area contributed by atoms with Gasteiger partial charge in [0, 0.05) is 26.2 Å². The molecule has 2 aromatic rings. The Morgan fingerprint density at radius 1 is 1.06 bits per heavy atom. The minimum atomic E-state index is -3.86. The van der Waals surface area contributed by atoms with Crippen LogP contribution in [0.15, 0.2) is 47.4 Å². The quantitative estimate of drug-likeness (QED) is 0.691. The second kappa shape index (κ2) is 8.12. The van der Waals surface area contributed by atoms with Gasteiger partial charge in [-0.1, -0.05) is 12.1 Å². The summed E-state index contributed by atoms with van der Waals surface area (Å²) in [5, 5.41) is 2.40. The molecule has 1 N–H and O–H groups in total. The van der Waals surface area contributed by atoms with E-state index >= 15 is 0 Å². The lowest BCUT2D eigenvalue weighted by molar-refractivity contribution is -0.134. The van der Waals surface area contributed by atoms with Gasteiger partial charge in [-0.05, 0) is 42.8 Å². The van der Waals surface area contributed by atoms with E-state index in [1.807, 2.05) is 25.1 Å². The first kappa shape index (κ1) is 21.0. The highest BCUT2D eigenvalue weighted by molar-refractivity contribution is 7.89. The Bertz CT molecular complexity index is 1170. The number of ketones is 1. The van der Waals surface area contributed by atoms with Crippen LogP contribution in [0, 0.1) is 6.92 Å². The molecule has 0 atom stereocenters. The first-order valence-corrected chi connectivity index (χ1v) is 11.2. The van der Waals surface area contributed by atoms with E-state index in [1.54, 1.807) is 11.0 Å². The van der Waals surface area contributed by atoms with Crippen molar-refractivity contribution in [3.05, 3.63) is 53.6 Å². The predicted octanol–water partition coefficient (Wildman–Crippen LogP) is 1.04. The lowest BCUT2D eigenvalue weighted by atomic mass is 10.1. The fourth-order valence-electron chi connectivity index (χ4n) is 3.55. The van der Waals surface area contributed by atoms with Crippen molar-refractivity contribution in [1.29, 1.82) is 0 Å². The van der Waals surface area contributed by atoms with Gasteiger partial charge in [0.2, 0.25) is 10.0 Å². The van der Waals surface area contributed by atoms with Crippen molar-refractivity contribution in [3.8, 4) is 5.75 Å². The van der Waals surface area contributed by atoms with Crippen LogP contribution in [-0.4, -0.2) is 68.0 Å². The van der Waals surface area contributed by atoms with Crippen LogP contribution in [0.1, 0.15) is 15.9 Å². The topological polar surface area (TPSA) is 113 Å². The molecule has 2 aliphatic heterocycles. The maximum Gasteiger partial charge on any atom is 0.296 e. The second-order valence-electron chi connectivity index (χ2n) is 7.38. The molecule has 0 bridgehead atoms. The molecule has 2 amide bonds. The monoisotopic (exact) mass is 443 g/mol. The molecule has 4 rings (SSSR count). The molecule has 31 heavy (non-hydrogen) atoms. The van der Waals surface area contributed by atoms with E-state index in [4.69, 9.17) is 4.74 Å². The summed E-state index contributed by atoms with van der Waals surface area (Å²) in [5.74, 6) is -1.14. The number of hydrogen-bond acceptors (Lipinski definition) is 6. The van der Waals surface area contributed by atoms with Crippen LogP contribution in [0.25, 0.3) is 0 Å². The SMILES string of the molecule is Cc1cccc(OCC(=O)N2CCN(S(=O)(=O)c3ccc4c(c3)C(=O)C(=O)N4)CC2)c1. The van der Waals surface area contributed by atoms with Gasteiger partial charge in [0.25, 0.3) is 17.6 Å². The minimum Gasteiger partial charge on any atom is -0.484 e. The van der Waals surface area contributed by atoms with Gasteiger partial charge in [-0.2, -0.15) is 4.31 Å². The summed E-state index contributed by atoms with van der Waals surface area (Å²) in [6, 6.07) is 11.4. The number of fused-ring (bicyclic) bond motifs is 1. The third-order valence-corrected chi connectivity index (χ3v) is 7.17. The van der Waals surface area contributed by atoms with E-state index in [-0.39, 0.29) is 49.2 Å². The van der Waals surface area contributed by atoms with Crippen molar-refractivity contribution in [3.63, 3.8) is 0 Å². The lowest BCUT2D eigenvalue weighted by Crippen LogP contribution is -2.51. The predicted molar refractivity (Wildman–Crippen MR) is 111 cm³/mol. The molecular formula is C21H21N3O6S. The Hall–Kier alpha value is -3.24. The molecule has 0 saturated carbocycles. The Balaban J connectivity index is 1.37. The van der Waals surface area contributed by atoms with Gasteiger partial charge in [-0.25, -0.2) is 8.42 Å². The number of nitrogens with zero attached hydrogens (tertiary/aromatic N) is 2. The Morgan fingerprint density at radius 3 is 2.52 bits per heavy atom. The summed E-state index contributed by atoms with van der Waals surface area (Å²) in [5.41, 5.74) is 1.38. The number of aryl methyl sites for hydroxylation is 1. The summed E-state index contributed by atoms with van der Waals surface area (Å²) >= 11 is 0. The Morgan fingerprint density at radius 2 is 1.81 bits per heavy atom. The second-order valence-corrected chi connectivity index (χ2v) is 9.32. The highest BCUT2D eigenvalue weighted by Crippen LogP contribution is 2.27. The van der Waals surface area contributed by atoms with Gasteiger partial charge in [0.05, 0.1) is 16.1 Å². The molecule has 1 saturated heterocycles. The van der Waals surface area contributed by atoms with Crippen LogP contribution in [0.3, 0.4) is 0 Å². The highest BCUT2D eigenvalue weighted by Gasteiger charge is 2.33. The molecule has 9 nitrogen and oxygen atoms in total. The van der Waals surface area contributed by atoms with Gasteiger partial charge in [0.15, 0.2) is 6.61 Å². The maximum absolute atomic E-state index is 13.0. The zero-order valence-electron chi connectivity index (χ0n) is 16.8. The van der Waals surface area contributed by atoms with E-state index in [2.05, 4.69) is 5.32 Å². The normalized spacial score (nSPS) is 16.7. The van der Waals surface area contributed by atoms with Crippen LogP contribution in [-0.2, 0) is 19.6 Å². The van der Waals surface area contributed by atoms with Crippen molar-refractivity contribution >= 4 is 33.3 Å². The van der Waals surface area contributed by atoms with Crippen molar-refractivity contribution in [2.24, 2.45) is 0 Å². The van der Waals surface area contributed by atoms with E-state index in [0.29, 0.717) is 11.4 Å². The molecule has 0 spiro atoms. The third kappa shape index (κ3) is 4.17. The molecule has 0 radical (unpaired) electrons. The number of hydrogen-bond donors (Lipinski definition) is 1. The maximum atomic E-state index is 13.0. The van der Waals surface area contributed by atoms with E-state index in [1.165, 1.54) is 22.5 Å². The first-order chi connectivity index (χ1) is 14.8. The van der Waals surface area contributed by atoms with Crippen LogP contribution in [0.2, 0.25) is 0 Å². The molecule has 0 aliphatic carbocycles. The van der Waals surface area contributed by atoms with Crippen molar-refractivity contribution in [1.82, 2.24) is 9.21 Å². The number of benzene rings is 2. The average Bonchev–Trinajstić information content (AvgIpc) is 3.05. The number of anilines is 1. The summed E-state index contributed by atoms with van der Waals surface area (Å²) < 4.78 is 32.8. The van der Waals surface area contributed by atoms with Gasteiger partial charge in [0.1, 0.15) is 5.75 Å². The van der Waals surface area contributed by atoms with Crippen molar-refractivity contribution in [2.45, 2.75) is 11.8 Å². The third-order valence-electron chi connectivity index (χ3n) is 5.27. The van der Waals surface area contributed by atoms with E-state index in [0.717, 1.165) is 5.56 Å². The highest BCUT2D eigenvalue weighted by atomic mass is 32.2. The van der Waals surface area contributed by atoms with Crippen LogP contribution >= 0.6 is 0 Å². The van der Waals surface area contributed by atoms with Gasteiger partial charge in [-0.3, -0.25) is 14.4 Å². The molecule has 2 aromatic carbocycles. The van der Waals surface area contributed by atoms with Crippen LogP contribution in [0.4, 0.5) is 5.69 Å². The number of carbonyl (C=O) groups excluding carboxylic acids is 3. The lowest BCUT2D eigenvalue weighted by Gasteiger charge is -2.34. The number of nitrogens with one attached hydrogen (secondary N) is 1. The number of Topliss-reactive ketones (excluding diaryl/α,β-unsaturated/α-hetero) is 1. The Labute approximate surface area is 179 Å². The number of carbonyl (C=O) groups is 3. The number of sulfonamides is 1. The summed E-state index contributed by atoms with van der Waals surface area (Å²) in [7, 11) is -3.86. The molecule has 2 aliphatic rings. The first-order valence-electron chi connectivity index (χ1n) is 9.73. The number of piperazine rings is 1. The van der Waals surface area contributed by atoms with Crippen molar-refractivity contribution < 1.29 is 27.5 Å². The smallest absolute Gasteiger partial charge is 0.296 e. The van der Waals surface area contributed by atoms with Crippen molar-refractivity contribution in [2.75, 3.05) is 38.1 Å². The van der Waals surface area contributed by atoms with Crippen LogP contribution < -0.4 is 10.1 Å². The molecule has 10 heteroatoms. The fourth-order valence-corrected chi connectivity index (χ4v) is 5.00. The standard InChI is InChI=1S/C21H21N3O6S/c1-14-3-2-4-15(11-14)30-13-19(25)23-7-9-24(10-8-23)31(28,29)16-5-6-18-17(12-16)20(26)21(27)22-18/h2-6,11-12H,7-10,13H2,1H3,(H,22,26,27). The summed E-state index contributed by atoms with van der Waals surface area (Å²) in [4.78, 5) is 37.3. The van der Waals surface area contributed by atoms with E-state index in [9.17, 15) is 22.8 Å². The largest absolute Gasteiger partial charge is 0.484 e. The summed E-state index contributed by atoms with van der Waals surface area (Å²) in [6.45, 7) is 2.53. The number of amides is 2. The number of ether oxygens (including phenoxy) is 1. The Kier molecular flexibility index (Phi) is 5.50. The van der Waals surface area contributed by atoms with Gasteiger partial charge < -0.3 is 15.0 Å². The molecule has 162 valence electrons. The molecule has 1 fully saturated rings. The number of rotatable bonds is 5. The summed E-state index contributed by atoms with van der Waals surface area (Å²) in [6.07, 6.45) is 0. The van der Waals surface area contributed by atoms with Gasteiger partial charge in [-0.15, -0.1) is 0 Å². The molecule has 2 heterocycles. The zero-order chi connectivity index (χ0) is 22.2. The molecule has 0 unspecified atom stereocenters. The van der Waals surface area contributed by atoms with Gasteiger partial charge >= 0.3 is 0 Å². The molecular weight excluding hydrogens is 422 g/mol. The fraction of sp³-hybridized carbons (Fsp3) is 0.286. The minimum absolute atomic E-state index is 0.0492. The van der Waals surface area contributed by atoms with E-state index < -0.39 is 21.7 Å². The zero-order valence-corrected chi connectivity index (χ0v) is 17.6. The molecule has 0 aromatic heterocycles. The van der Waals surface area contributed by atoms with Crippen LogP contribution in [0.5, 0.6) is 5.75 Å².